The molecule has 0 aliphatic rings. The van der Waals surface area contributed by atoms with E-state index >= 15 is 0 Å². The number of unbranched alkanes of at least 4 members (excludes halogenated alkanes) is 1. The number of aliphatic carboxylic acids is 1. The molecule has 2 aromatic rings. The summed E-state index contributed by atoms with van der Waals surface area (Å²) in [4.78, 5) is 36.3. The molecule has 0 radical (unpaired) electrons. The van der Waals surface area contributed by atoms with Crippen LogP contribution in [0.4, 0.5) is 14.5 Å². The van der Waals surface area contributed by atoms with Crippen LogP contribution in [0, 0.1) is 11.6 Å². The molecule has 0 aromatic heterocycles. The van der Waals surface area contributed by atoms with Gasteiger partial charge >= 0.3 is 5.97 Å². The van der Waals surface area contributed by atoms with Crippen molar-refractivity contribution in [3.05, 3.63) is 59.2 Å². The smallest absolute Gasteiger partial charge is 0.303 e. The number of hydrogen-bond donors (Lipinski definition) is 3. The Balaban J connectivity index is 2.24. The van der Waals surface area contributed by atoms with Crippen molar-refractivity contribution in [3.8, 4) is 0 Å². The quantitative estimate of drug-likeness (QED) is 0.297. The minimum atomic E-state index is -2.28. The second kappa shape index (κ2) is 12.5. The first-order valence-corrected chi connectivity index (χ1v) is 14.8. The Kier molecular flexibility index (Phi) is 10.1. The van der Waals surface area contributed by atoms with Crippen LogP contribution in [0.3, 0.4) is 0 Å². The molecule has 2 amide bonds. The van der Waals surface area contributed by atoms with Crippen molar-refractivity contribution in [1.82, 2.24) is 5.32 Å². The zero-order chi connectivity index (χ0) is 26.2. The van der Waals surface area contributed by atoms with Gasteiger partial charge in [0.15, 0.2) is 0 Å². The van der Waals surface area contributed by atoms with Crippen LogP contribution in [0.15, 0.2) is 36.4 Å². The topological polar surface area (TPSA) is 105 Å². The fourth-order valence-electron chi connectivity index (χ4n) is 3.64. The molecule has 10 heteroatoms. The molecule has 0 saturated heterocycles. The summed E-state index contributed by atoms with van der Waals surface area (Å²) in [7, 11) is -0.728. The Morgan fingerprint density at radius 1 is 1.00 bits per heavy atom. The van der Waals surface area contributed by atoms with Crippen LogP contribution in [0.5, 0.6) is 0 Å². The lowest BCUT2D eigenvalue weighted by Gasteiger charge is -2.21. The first kappa shape index (κ1) is 28.1. The van der Waals surface area contributed by atoms with Gasteiger partial charge in [-0.3, -0.25) is 14.4 Å². The monoisotopic (exact) mass is 506 g/mol. The third kappa shape index (κ3) is 8.56. The van der Waals surface area contributed by atoms with Gasteiger partial charge in [0.25, 0.3) is 5.91 Å². The summed E-state index contributed by atoms with van der Waals surface area (Å²) in [6.45, 7) is 5.83. The van der Waals surface area contributed by atoms with Crippen molar-refractivity contribution < 1.29 is 33.0 Å². The average molecular weight is 507 g/mol. The van der Waals surface area contributed by atoms with Gasteiger partial charge in [0, 0.05) is 30.8 Å². The Morgan fingerprint density at radius 3 is 2.09 bits per heavy atom. The van der Waals surface area contributed by atoms with Crippen LogP contribution < -0.4 is 15.8 Å². The van der Waals surface area contributed by atoms with Crippen LogP contribution in [0.1, 0.15) is 42.9 Å². The maximum atomic E-state index is 14.7. The third-order valence-electron chi connectivity index (χ3n) is 5.30. The lowest BCUT2D eigenvalue weighted by Crippen LogP contribution is -2.42. The largest absolute Gasteiger partial charge is 0.481 e. The van der Waals surface area contributed by atoms with Gasteiger partial charge in [-0.25, -0.2) is 8.78 Å². The average Bonchev–Trinajstić information content (AvgIpc) is 2.74. The number of carbonyl (C=O) groups is 3. The fraction of sp³-hybridized carbons (Fsp3) is 0.400. The van der Waals surface area contributed by atoms with Gasteiger partial charge in [-0.2, -0.15) is 0 Å². The first-order valence-electron chi connectivity index (χ1n) is 11.3. The van der Waals surface area contributed by atoms with Gasteiger partial charge < -0.3 is 20.5 Å². The molecule has 0 saturated carbocycles. The van der Waals surface area contributed by atoms with E-state index in [2.05, 4.69) is 10.6 Å². The fourth-order valence-corrected chi connectivity index (χ4v) is 5.22. The molecule has 7 nitrogen and oxygen atoms in total. The lowest BCUT2D eigenvalue weighted by atomic mass is 10.0. The SMILES string of the molecule is COCc1ccc(C(NC(=O)CCCCC(=O)O)C(=O)Nc2cc(F)c([Si](C)(C)C)c(F)c2)cc1. The van der Waals surface area contributed by atoms with Crippen LogP contribution in [0.2, 0.25) is 19.6 Å². The number of carboxylic acid groups (broad SMARTS) is 1. The third-order valence-corrected chi connectivity index (χ3v) is 7.27. The molecule has 2 rings (SSSR count). The number of methoxy groups -OCH3 is 1. The Morgan fingerprint density at radius 2 is 1.57 bits per heavy atom. The highest BCUT2D eigenvalue weighted by Gasteiger charge is 2.27. The Labute approximate surface area is 204 Å². The number of benzene rings is 2. The van der Waals surface area contributed by atoms with E-state index in [-0.39, 0.29) is 23.7 Å². The van der Waals surface area contributed by atoms with Crippen molar-refractivity contribution >= 4 is 36.7 Å². The standard InChI is InChI=1S/C25H32F2N2O5Si/c1-34-15-16-9-11-17(12-10-16)23(29-21(30)7-5-6-8-22(31)32)25(33)28-18-13-19(26)24(20(27)14-18)35(2,3)4/h9-14,23H,5-8,15H2,1-4H3,(H,28,33)(H,29,30)(H,31,32). The molecular weight excluding hydrogens is 474 g/mol. The molecule has 0 aliphatic heterocycles. The van der Waals surface area contributed by atoms with Gasteiger partial charge in [-0.05, 0) is 36.1 Å². The van der Waals surface area contributed by atoms with E-state index in [0.717, 1.165) is 17.7 Å². The zero-order valence-corrected chi connectivity index (χ0v) is 21.4. The van der Waals surface area contributed by atoms with E-state index in [9.17, 15) is 23.2 Å². The summed E-state index contributed by atoms with van der Waals surface area (Å²) in [6.07, 6.45) is 0.650. The van der Waals surface area contributed by atoms with E-state index in [4.69, 9.17) is 9.84 Å². The molecule has 1 atom stereocenters. The van der Waals surface area contributed by atoms with Gasteiger partial charge in [0.2, 0.25) is 5.91 Å². The van der Waals surface area contributed by atoms with E-state index in [0.29, 0.717) is 25.0 Å². The van der Waals surface area contributed by atoms with Crippen LogP contribution >= 0.6 is 0 Å². The Hall–Kier alpha value is -3.11. The Bertz CT molecular complexity index is 1030. The van der Waals surface area contributed by atoms with Crippen molar-refractivity contribution in [1.29, 1.82) is 0 Å². The summed E-state index contributed by atoms with van der Waals surface area (Å²) in [5.74, 6) is -3.49. The molecule has 1 unspecified atom stereocenters. The number of carbonyl (C=O) groups excluding carboxylic acids is 2. The van der Waals surface area contributed by atoms with Gasteiger partial charge in [-0.15, -0.1) is 0 Å². The normalized spacial score (nSPS) is 12.2. The molecule has 0 fully saturated rings. The van der Waals surface area contributed by atoms with Crippen molar-refractivity contribution in [2.45, 2.75) is 58.0 Å². The molecule has 3 N–H and O–H groups in total. The van der Waals surface area contributed by atoms with Crippen molar-refractivity contribution in [2.75, 3.05) is 12.4 Å². The van der Waals surface area contributed by atoms with Crippen molar-refractivity contribution in [2.24, 2.45) is 0 Å². The van der Waals surface area contributed by atoms with Crippen LogP contribution in [-0.2, 0) is 25.7 Å². The summed E-state index contributed by atoms with van der Waals surface area (Å²) < 4.78 is 34.4. The van der Waals surface area contributed by atoms with E-state index in [1.54, 1.807) is 31.4 Å². The predicted octanol–water partition coefficient (Wildman–Crippen LogP) is 4.10. The summed E-state index contributed by atoms with van der Waals surface area (Å²) >= 11 is 0. The highest BCUT2D eigenvalue weighted by atomic mass is 28.3. The first-order chi connectivity index (χ1) is 16.4. The molecule has 0 spiro atoms. The second-order valence-corrected chi connectivity index (χ2v) is 14.3. The van der Waals surface area contributed by atoms with Gasteiger partial charge in [0.1, 0.15) is 17.7 Å². The minimum Gasteiger partial charge on any atom is -0.481 e. The summed E-state index contributed by atoms with van der Waals surface area (Å²) in [5.41, 5.74) is 1.28. The van der Waals surface area contributed by atoms with Gasteiger partial charge in [-0.1, -0.05) is 43.9 Å². The number of amides is 2. The molecule has 0 heterocycles. The number of rotatable bonds is 12. The van der Waals surface area contributed by atoms with Gasteiger partial charge in [0.05, 0.1) is 14.7 Å². The lowest BCUT2D eigenvalue weighted by molar-refractivity contribution is -0.137. The molecule has 2 aromatic carbocycles. The minimum absolute atomic E-state index is 0.0347. The summed E-state index contributed by atoms with van der Waals surface area (Å²) in [5, 5.41) is 13.9. The number of halogens is 2. The van der Waals surface area contributed by atoms with Crippen molar-refractivity contribution in [3.63, 3.8) is 0 Å². The highest BCUT2D eigenvalue weighted by Crippen LogP contribution is 2.21. The van der Waals surface area contributed by atoms with Crippen LogP contribution in [-0.4, -0.2) is 38.1 Å². The summed E-state index contributed by atoms with van der Waals surface area (Å²) in [6, 6.07) is 7.88. The second-order valence-electron chi connectivity index (χ2n) is 9.33. The molecule has 35 heavy (non-hydrogen) atoms. The number of nitrogens with one attached hydrogen (secondary N) is 2. The van der Waals surface area contributed by atoms with E-state index in [1.165, 1.54) is 0 Å². The molecule has 0 aliphatic carbocycles. The number of ether oxygens (including phenoxy) is 1. The maximum absolute atomic E-state index is 14.7. The zero-order valence-electron chi connectivity index (χ0n) is 20.4. The highest BCUT2D eigenvalue weighted by molar-refractivity contribution is 6.88. The number of anilines is 1. The number of carboxylic acids is 1. The van der Waals surface area contributed by atoms with E-state index < -0.39 is 43.5 Å². The molecule has 190 valence electrons. The predicted molar refractivity (Wildman–Crippen MR) is 132 cm³/mol. The molecule has 0 bridgehead atoms. The molecular formula is C25H32F2N2O5Si. The number of hydrogen-bond acceptors (Lipinski definition) is 4. The van der Waals surface area contributed by atoms with Crippen LogP contribution in [0.25, 0.3) is 0 Å². The maximum Gasteiger partial charge on any atom is 0.303 e. The van der Waals surface area contributed by atoms with E-state index in [1.807, 2.05) is 19.6 Å².